The third-order valence-corrected chi connectivity index (χ3v) is 4.53. The number of nitrogens with zero attached hydrogens (tertiary/aromatic N) is 1. The van der Waals surface area contributed by atoms with Gasteiger partial charge in [-0.2, -0.15) is 11.8 Å². The van der Waals surface area contributed by atoms with Crippen molar-refractivity contribution in [2.45, 2.75) is 44.6 Å². The summed E-state index contributed by atoms with van der Waals surface area (Å²) in [6.07, 6.45) is 5.05. The van der Waals surface area contributed by atoms with E-state index in [2.05, 4.69) is 11.8 Å². The Labute approximate surface area is 103 Å². The van der Waals surface area contributed by atoms with Crippen molar-refractivity contribution in [2.24, 2.45) is 0 Å². The number of carboxylic acids is 1. The number of carboxylic acid groups (broad SMARTS) is 1. The molecule has 0 atom stereocenters. The van der Waals surface area contributed by atoms with Gasteiger partial charge in [-0.3, -0.25) is 9.69 Å². The van der Waals surface area contributed by atoms with Gasteiger partial charge in [0.15, 0.2) is 0 Å². The highest BCUT2D eigenvalue weighted by molar-refractivity contribution is 7.99. The lowest BCUT2D eigenvalue weighted by Crippen LogP contribution is -2.55. The van der Waals surface area contributed by atoms with Crippen LogP contribution < -0.4 is 0 Å². The Morgan fingerprint density at radius 1 is 1.38 bits per heavy atom. The molecule has 1 saturated heterocycles. The molecule has 4 heteroatoms. The molecule has 0 aliphatic carbocycles. The molecule has 1 fully saturated rings. The molecule has 0 unspecified atom stereocenters. The van der Waals surface area contributed by atoms with Gasteiger partial charge in [-0.05, 0) is 44.4 Å². The Kier molecular flexibility index (Phi) is 5.62. The van der Waals surface area contributed by atoms with Gasteiger partial charge < -0.3 is 5.11 Å². The van der Waals surface area contributed by atoms with Gasteiger partial charge in [-0.1, -0.05) is 19.8 Å². The molecule has 1 aliphatic rings. The first-order chi connectivity index (χ1) is 7.63. The smallest absolute Gasteiger partial charge is 0.324 e. The lowest BCUT2D eigenvalue weighted by molar-refractivity contribution is -0.151. The van der Waals surface area contributed by atoms with E-state index in [1.165, 1.54) is 12.8 Å². The lowest BCUT2D eigenvalue weighted by atomic mass is 9.90. The zero-order chi connectivity index (χ0) is 12.0. The molecular weight excluding hydrogens is 222 g/mol. The van der Waals surface area contributed by atoms with Crippen molar-refractivity contribution in [3.63, 3.8) is 0 Å². The first kappa shape index (κ1) is 13.8. The molecule has 0 saturated carbocycles. The van der Waals surface area contributed by atoms with Crippen molar-refractivity contribution >= 4 is 17.7 Å². The van der Waals surface area contributed by atoms with Crippen LogP contribution in [0.3, 0.4) is 0 Å². The normalized spacial score (nSPS) is 19.9. The summed E-state index contributed by atoms with van der Waals surface area (Å²) in [7, 11) is 1.97. The van der Waals surface area contributed by atoms with Gasteiger partial charge in [0, 0.05) is 0 Å². The Hall–Kier alpha value is -0.220. The topological polar surface area (TPSA) is 40.5 Å². The number of likely N-dealkylation sites (N-methyl/N-ethyl adjacent to an activating group) is 1. The first-order valence-electron chi connectivity index (χ1n) is 6.16. The third-order valence-electron chi connectivity index (χ3n) is 3.55. The molecule has 0 radical (unpaired) electrons. The van der Waals surface area contributed by atoms with Crippen LogP contribution in [-0.4, -0.2) is 46.6 Å². The fourth-order valence-electron chi connectivity index (χ4n) is 2.28. The fourth-order valence-corrected chi connectivity index (χ4v) is 3.45. The van der Waals surface area contributed by atoms with Crippen LogP contribution in [0.15, 0.2) is 0 Å². The van der Waals surface area contributed by atoms with E-state index in [1.54, 1.807) is 0 Å². The quantitative estimate of drug-likeness (QED) is 0.730. The molecular formula is C12H23NO2S. The maximum absolute atomic E-state index is 11.5. The van der Waals surface area contributed by atoms with Gasteiger partial charge in [0.05, 0.1) is 0 Å². The van der Waals surface area contributed by atoms with Crippen molar-refractivity contribution in [1.29, 1.82) is 0 Å². The van der Waals surface area contributed by atoms with Crippen molar-refractivity contribution in [3.05, 3.63) is 0 Å². The Morgan fingerprint density at radius 3 is 2.50 bits per heavy atom. The van der Waals surface area contributed by atoms with Crippen LogP contribution in [0, 0.1) is 0 Å². The summed E-state index contributed by atoms with van der Waals surface area (Å²) in [6.45, 7) is 3.08. The Bertz CT molecular complexity index is 227. The molecule has 16 heavy (non-hydrogen) atoms. The van der Waals surface area contributed by atoms with Crippen molar-refractivity contribution in [3.8, 4) is 0 Å². The zero-order valence-electron chi connectivity index (χ0n) is 10.4. The molecule has 0 aromatic rings. The van der Waals surface area contributed by atoms with Gasteiger partial charge >= 0.3 is 5.97 Å². The minimum absolute atomic E-state index is 0.584. The minimum Gasteiger partial charge on any atom is -0.480 e. The molecule has 1 heterocycles. The SMILES string of the molecule is CCCCCN(C)C1(C(=O)O)CCSCC1. The van der Waals surface area contributed by atoms with E-state index >= 15 is 0 Å². The minimum atomic E-state index is -0.633. The zero-order valence-corrected chi connectivity index (χ0v) is 11.2. The van der Waals surface area contributed by atoms with Crippen LogP contribution in [0.2, 0.25) is 0 Å². The average Bonchev–Trinajstić information content (AvgIpc) is 2.30. The molecule has 1 rings (SSSR count). The highest BCUT2D eigenvalue weighted by Gasteiger charge is 2.43. The summed E-state index contributed by atoms with van der Waals surface area (Å²) in [5.74, 6) is 1.32. The van der Waals surface area contributed by atoms with Crippen LogP contribution in [0.1, 0.15) is 39.0 Å². The predicted octanol–water partition coefficient (Wildman–Crippen LogP) is 2.46. The van der Waals surface area contributed by atoms with Crippen LogP contribution in [0.25, 0.3) is 0 Å². The van der Waals surface area contributed by atoms with Crippen molar-refractivity contribution in [1.82, 2.24) is 4.90 Å². The molecule has 94 valence electrons. The second-order valence-corrected chi connectivity index (χ2v) is 5.80. The maximum Gasteiger partial charge on any atom is 0.324 e. The number of unbranched alkanes of at least 4 members (excludes halogenated alkanes) is 2. The van der Waals surface area contributed by atoms with Gasteiger partial charge in [0.25, 0.3) is 0 Å². The third kappa shape index (κ3) is 3.14. The van der Waals surface area contributed by atoms with E-state index in [9.17, 15) is 9.90 Å². The summed E-state index contributed by atoms with van der Waals surface area (Å²) in [5, 5.41) is 9.46. The van der Waals surface area contributed by atoms with E-state index < -0.39 is 11.5 Å². The van der Waals surface area contributed by atoms with E-state index in [4.69, 9.17) is 0 Å². The molecule has 3 nitrogen and oxygen atoms in total. The van der Waals surface area contributed by atoms with E-state index in [-0.39, 0.29) is 0 Å². The van der Waals surface area contributed by atoms with Crippen LogP contribution in [-0.2, 0) is 4.79 Å². The first-order valence-corrected chi connectivity index (χ1v) is 7.31. The second kappa shape index (κ2) is 6.50. The summed E-state index contributed by atoms with van der Waals surface area (Å²) in [4.78, 5) is 13.6. The highest BCUT2D eigenvalue weighted by atomic mass is 32.2. The van der Waals surface area contributed by atoms with Gasteiger partial charge in [0.2, 0.25) is 0 Å². The monoisotopic (exact) mass is 245 g/mol. The Morgan fingerprint density at radius 2 is 2.00 bits per heavy atom. The number of carbonyl (C=O) groups is 1. The molecule has 0 bridgehead atoms. The van der Waals surface area contributed by atoms with Crippen LogP contribution in [0.4, 0.5) is 0 Å². The fraction of sp³-hybridized carbons (Fsp3) is 0.917. The summed E-state index contributed by atoms with van der Waals surface area (Å²) < 4.78 is 0. The van der Waals surface area contributed by atoms with Crippen LogP contribution >= 0.6 is 11.8 Å². The Balaban J connectivity index is 2.57. The second-order valence-electron chi connectivity index (χ2n) is 4.58. The molecule has 0 aromatic heterocycles. The average molecular weight is 245 g/mol. The maximum atomic E-state index is 11.5. The largest absolute Gasteiger partial charge is 0.480 e. The van der Waals surface area contributed by atoms with E-state index in [1.807, 2.05) is 18.8 Å². The van der Waals surface area contributed by atoms with Crippen molar-refractivity contribution < 1.29 is 9.90 Å². The summed E-state index contributed by atoms with van der Waals surface area (Å²) >= 11 is 1.87. The molecule has 0 aromatic carbocycles. The number of hydrogen-bond acceptors (Lipinski definition) is 3. The van der Waals surface area contributed by atoms with Crippen molar-refractivity contribution in [2.75, 3.05) is 25.1 Å². The van der Waals surface area contributed by atoms with Crippen LogP contribution in [0.5, 0.6) is 0 Å². The standard InChI is InChI=1S/C12H23NO2S/c1-3-4-5-8-13(2)12(11(14)15)6-9-16-10-7-12/h3-10H2,1-2H3,(H,14,15). The van der Waals surface area contributed by atoms with Gasteiger partial charge in [0.1, 0.15) is 5.54 Å². The lowest BCUT2D eigenvalue weighted by Gasteiger charge is -2.40. The highest BCUT2D eigenvalue weighted by Crippen LogP contribution is 2.32. The van der Waals surface area contributed by atoms with E-state index in [0.717, 1.165) is 37.3 Å². The summed E-state index contributed by atoms with van der Waals surface area (Å²) in [6, 6.07) is 0. The number of aliphatic carboxylic acids is 1. The van der Waals surface area contributed by atoms with Gasteiger partial charge in [-0.25, -0.2) is 0 Å². The predicted molar refractivity (Wildman–Crippen MR) is 69.1 cm³/mol. The number of rotatable bonds is 6. The van der Waals surface area contributed by atoms with E-state index in [0.29, 0.717) is 0 Å². The number of thioether (sulfide) groups is 1. The molecule has 1 N–H and O–H groups in total. The van der Waals surface area contributed by atoms with Gasteiger partial charge in [-0.15, -0.1) is 0 Å². The molecule has 0 amide bonds. The molecule has 1 aliphatic heterocycles. The summed E-state index contributed by atoms with van der Waals surface area (Å²) in [5.41, 5.74) is -0.584. The molecule has 0 spiro atoms. The number of hydrogen-bond donors (Lipinski definition) is 1.